The molecule has 4 aromatic carbocycles. The van der Waals surface area contributed by atoms with Crippen molar-refractivity contribution in [1.29, 1.82) is 0 Å². The maximum absolute atomic E-state index is 13.4. The Bertz CT molecular complexity index is 1580. The highest BCUT2D eigenvalue weighted by Gasteiger charge is 2.24. The van der Waals surface area contributed by atoms with Gasteiger partial charge in [-0.25, -0.2) is 0 Å². The third kappa shape index (κ3) is 6.70. The van der Waals surface area contributed by atoms with E-state index in [0.29, 0.717) is 34.1 Å². The fraction of sp³-hybridized carbons (Fsp3) is 0.176. The summed E-state index contributed by atoms with van der Waals surface area (Å²) in [6.45, 7) is 0. The van der Waals surface area contributed by atoms with Crippen molar-refractivity contribution < 1.29 is 47.6 Å². The first-order chi connectivity index (χ1) is 21.1. The van der Waals surface area contributed by atoms with Crippen molar-refractivity contribution in [3.05, 3.63) is 95.1 Å². The van der Waals surface area contributed by atoms with E-state index in [2.05, 4.69) is 0 Å². The molecule has 0 N–H and O–H groups in total. The molecule has 4 rings (SSSR count). The van der Waals surface area contributed by atoms with Crippen LogP contribution in [0.3, 0.4) is 0 Å². The average Bonchev–Trinajstić information content (AvgIpc) is 3.08. The number of benzene rings is 4. The summed E-state index contributed by atoms with van der Waals surface area (Å²) in [5.74, 6) is -1.21. The van der Waals surface area contributed by atoms with Gasteiger partial charge < -0.3 is 28.4 Å². The topological polar surface area (TPSA) is 124 Å². The van der Waals surface area contributed by atoms with E-state index in [4.69, 9.17) is 28.4 Å². The van der Waals surface area contributed by atoms with Crippen LogP contribution in [-0.2, 0) is 0 Å². The molecule has 0 spiro atoms. The van der Waals surface area contributed by atoms with Gasteiger partial charge in [0, 0.05) is 34.4 Å². The number of carbonyl (C=O) groups is 4. The van der Waals surface area contributed by atoms with Gasteiger partial charge in [-0.1, -0.05) is 0 Å². The number of ether oxygens (including phenoxy) is 6. The zero-order valence-corrected chi connectivity index (χ0v) is 25.0. The van der Waals surface area contributed by atoms with E-state index in [1.165, 1.54) is 91.2 Å². The molecule has 0 amide bonds. The van der Waals surface area contributed by atoms with Gasteiger partial charge >= 0.3 is 0 Å². The second-order valence-electron chi connectivity index (χ2n) is 9.42. The summed E-state index contributed by atoms with van der Waals surface area (Å²) in [7, 11) is 8.59. The number of rotatable bonds is 13. The first kappa shape index (κ1) is 31.3. The van der Waals surface area contributed by atoms with Crippen molar-refractivity contribution in [2.45, 2.75) is 0 Å². The van der Waals surface area contributed by atoms with E-state index in [1.807, 2.05) is 0 Å². The Morgan fingerprint density at radius 2 is 0.523 bits per heavy atom. The molecule has 10 heteroatoms. The Balaban J connectivity index is 1.75. The molecule has 0 aromatic heterocycles. The van der Waals surface area contributed by atoms with E-state index in [1.54, 1.807) is 24.3 Å². The summed E-state index contributed by atoms with van der Waals surface area (Å²) in [5.41, 5.74) is 1.12. The number of hydrogen-bond donors (Lipinski definition) is 0. The van der Waals surface area contributed by atoms with E-state index >= 15 is 0 Å². The molecule has 0 bridgehead atoms. The maximum atomic E-state index is 13.4. The number of methoxy groups -OCH3 is 6. The van der Waals surface area contributed by atoms with Crippen LogP contribution in [0, 0.1) is 0 Å². The lowest BCUT2D eigenvalue weighted by atomic mass is 9.94. The molecule has 0 radical (unpaired) electrons. The first-order valence-electron chi connectivity index (χ1n) is 13.2. The van der Waals surface area contributed by atoms with Gasteiger partial charge in [0.2, 0.25) is 23.1 Å². The monoisotopic (exact) mass is 598 g/mol. The molecule has 0 aliphatic heterocycles. The Morgan fingerprint density at radius 1 is 0.318 bits per heavy atom. The Hall–Kier alpha value is -5.64. The SMILES string of the molecule is COc1cc(OC)cc(C(=O)C(=O)c2cc(OC)cc(-c3cc(OC)cc(C(=O)C(=O)c4cc(OC)cc(OC)c4)c3)c2)c1. The third-order valence-corrected chi connectivity index (χ3v) is 6.78. The van der Waals surface area contributed by atoms with E-state index in [-0.39, 0.29) is 33.8 Å². The van der Waals surface area contributed by atoms with E-state index < -0.39 is 23.1 Å². The van der Waals surface area contributed by atoms with Crippen LogP contribution in [0.4, 0.5) is 0 Å². The van der Waals surface area contributed by atoms with Crippen LogP contribution in [0.1, 0.15) is 41.4 Å². The lowest BCUT2D eigenvalue weighted by molar-refractivity contribution is 0.0816. The van der Waals surface area contributed by atoms with Gasteiger partial charge in [0.05, 0.1) is 42.7 Å². The standard InChI is InChI=1S/C34H30O10/c1-39-25-9-19(7-21(11-25)31(35)33(37)23-13-27(41-3)17-28(14-23)42-4)20-8-22(12-26(10-20)40-2)32(36)34(38)24-15-29(43-5)18-30(16-24)44-6/h7-18H,1-6H3. The molecule has 4 aromatic rings. The highest BCUT2D eigenvalue weighted by molar-refractivity contribution is 6.50. The Kier molecular flexibility index (Phi) is 9.64. The molecule has 0 saturated carbocycles. The summed E-state index contributed by atoms with van der Waals surface area (Å²) < 4.78 is 31.8. The molecule has 226 valence electrons. The Morgan fingerprint density at radius 3 is 0.750 bits per heavy atom. The van der Waals surface area contributed by atoms with Crippen molar-refractivity contribution in [1.82, 2.24) is 0 Å². The van der Waals surface area contributed by atoms with Crippen molar-refractivity contribution in [3.8, 4) is 45.6 Å². The van der Waals surface area contributed by atoms with Crippen LogP contribution in [0.2, 0.25) is 0 Å². The van der Waals surface area contributed by atoms with Gasteiger partial charge in [-0.2, -0.15) is 0 Å². The predicted octanol–water partition coefficient (Wildman–Crippen LogP) is 5.54. The zero-order valence-electron chi connectivity index (χ0n) is 25.0. The summed E-state index contributed by atoms with van der Waals surface area (Å²) in [6.07, 6.45) is 0. The molecular formula is C34H30O10. The first-order valence-corrected chi connectivity index (χ1v) is 13.2. The highest BCUT2D eigenvalue weighted by atomic mass is 16.5. The van der Waals surface area contributed by atoms with Gasteiger partial charge in [0.25, 0.3) is 0 Å². The maximum Gasteiger partial charge on any atom is 0.233 e. The third-order valence-electron chi connectivity index (χ3n) is 6.78. The van der Waals surface area contributed by atoms with Crippen LogP contribution in [-0.4, -0.2) is 65.8 Å². The lowest BCUT2D eigenvalue weighted by Crippen LogP contribution is -2.15. The van der Waals surface area contributed by atoms with Crippen LogP contribution < -0.4 is 28.4 Å². The predicted molar refractivity (Wildman–Crippen MR) is 161 cm³/mol. The van der Waals surface area contributed by atoms with E-state index in [9.17, 15) is 19.2 Å². The van der Waals surface area contributed by atoms with Crippen LogP contribution >= 0.6 is 0 Å². The lowest BCUT2D eigenvalue weighted by Gasteiger charge is -2.12. The Labute approximate surface area is 254 Å². The molecular weight excluding hydrogens is 568 g/mol. The molecule has 0 fully saturated rings. The van der Waals surface area contributed by atoms with Crippen LogP contribution in [0.15, 0.2) is 72.8 Å². The van der Waals surface area contributed by atoms with Crippen molar-refractivity contribution in [2.24, 2.45) is 0 Å². The fourth-order valence-corrected chi connectivity index (χ4v) is 4.43. The van der Waals surface area contributed by atoms with Gasteiger partial charge in [-0.15, -0.1) is 0 Å². The second kappa shape index (κ2) is 13.6. The largest absolute Gasteiger partial charge is 0.497 e. The fourth-order valence-electron chi connectivity index (χ4n) is 4.43. The molecule has 0 heterocycles. The molecule has 0 atom stereocenters. The molecule has 0 saturated heterocycles. The minimum atomic E-state index is -0.804. The van der Waals surface area contributed by atoms with Crippen molar-refractivity contribution in [2.75, 3.05) is 42.7 Å². The summed E-state index contributed by atoms with van der Waals surface area (Å²) in [4.78, 5) is 53.3. The quantitative estimate of drug-likeness (QED) is 0.143. The number of carbonyl (C=O) groups excluding carboxylic acids is 4. The molecule has 44 heavy (non-hydrogen) atoms. The minimum Gasteiger partial charge on any atom is -0.497 e. The number of Topliss-reactive ketones (excluding diaryl/α,β-unsaturated/α-hetero) is 4. The number of hydrogen-bond acceptors (Lipinski definition) is 10. The van der Waals surface area contributed by atoms with Crippen LogP contribution in [0.25, 0.3) is 11.1 Å². The number of ketones is 4. The van der Waals surface area contributed by atoms with Crippen molar-refractivity contribution >= 4 is 23.1 Å². The second-order valence-corrected chi connectivity index (χ2v) is 9.42. The molecule has 0 unspecified atom stereocenters. The van der Waals surface area contributed by atoms with Gasteiger partial charge in [-0.3, -0.25) is 19.2 Å². The summed E-state index contributed by atoms with van der Waals surface area (Å²) in [5, 5.41) is 0. The minimum absolute atomic E-state index is 0.0429. The summed E-state index contributed by atoms with van der Waals surface area (Å²) in [6, 6.07) is 18.1. The van der Waals surface area contributed by atoms with E-state index in [0.717, 1.165) is 0 Å². The van der Waals surface area contributed by atoms with Gasteiger partial charge in [-0.05, 0) is 71.8 Å². The smallest absolute Gasteiger partial charge is 0.233 e. The van der Waals surface area contributed by atoms with Crippen LogP contribution in [0.5, 0.6) is 34.5 Å². The molecule has 0 aliphatic carbocycles. The van der Waals surface area contributed by atoms with Gasteiger partial charge in [0.1, 0.15) is 34.5 Å². The van der Waals surface area contributed by atoms with Gasteiger partial charge in [0.15, 0.2) is 0 Å². The zero-order chi connectivity index (χ0) is 32.0. The normalized spacial score (nSPS) is 10.4. The molecule has 0 aliphatic rings. The molecule has 10 nitrogen and oxygen atoms in total. The highest BCUT2D eigenvalue weighted by Crippen LogP contribution is 2.32. The van der Waals surface area contributed by atoms with Crippen molar-refractivity contribution in [3.63, 3.8) is 0 Å². The summed E-state index contributed by atoms with van der Waals surface area (Å²) >= 11 is 0. The average molecular weight is 599 g/mol.